The molecule has 0 aromatic heterocycles. The van der Waals surface area contributed by atoms with Gasteiger partial charge in [-0.25, -0.2) is 4.99 Å². The molecule has 0 aliphatic carbocycles. The van der Waals surface area contributed by atoms with E-state index in [0.717, 1.165) is 17.4 Å². The normalized spacial score (nSPS) is 15.3. The van der Waals surface area contributed by atoms with Crippen molar-refractivity contribution < 1.29 is 19.1 Å². The third-order valence-corrected chi connectivity index (χ3v) is 7.37. The third kappa shape index (κ3) is 13.9. The Hall–Kier alpha value is -1.27. The second kappa shape index (κ2) is 20.7. The summed E-state index contributed by atoms with van der Waals surface area (Å²) >= 11 is 0. The number of nitrogens with zero attached hydrogens (tertiary/aromatic N) is 2. The van der Waals surface area contributed by atoms with Gasteiger partial charge in [-0.3, -0.25) is 0 Å². The summed E-state index contributed by atoms with van der Waals surface area (Å²) in [5.74, 6) is 0.665. The van der Waals surface area contributed by atoms with Crippen LogP contribution in [0, 0.1) is 0 Å². The van der Waals surface area contributed by atoms with Crippen molar-refractivity contribution in [2.24, 2.45) is 4.99 Å². The zero-order valence-electron chi connectivity index (χ0n) is 23.2. The number of piperidine rings is 1. The van der Waals surface area contributed by atoms with Crippen LogP contribution >= 0.6 is 17.0 Å². The van der Waals surface area contributed by atoms with Crippen molar-refractivity contribution in [1.82, 2.24) is 0 Å². The summed E-state index contributed by atoms with van der Waals surface area (Å²) in [6.45, 7) is 10.2. The van der Waals surface area contributed by atoms with Gasteiger partial charge in [-0.15, -0.1) is 17.0 Å². The molecule has 0 bridgehead atoms. The number of halogens is 1. The number of likely N-dealkylation sites (tertiary alicyclic amines) is 1. The molecule has 1 aromatic carbocycles. The second-order valence-corrected chi connectivity index (χ2v) is 10.4. The first kappa shape index (κ1) is 32.8. The molecule has 1 saturated heterocycles. The number of aliphatic imine (C=N–C) groups is 1. The van der Waals surface area contributed by atoms with Crippen LogP contribution in [0.5, 0.6) is 5.75 Å². The molecule has 0 unspecified atom stereocenters. The molecule has 1 aromatic rings. The minimum absolute atomic E-state index is 0. The average Bonchev–Trinajstić information content (AvgIpc) is 2.87. The minimum atomic E-state index is -0.505. The lowest BCUT2D eigenvalue weighted by Gasteiger charge is -2.42. The molecule has 5 nitrogen and oxygen atoms in total. The monoisotopic (exact) mass is 568 g/mol. The lowest BCUT2D eigenvalue weighted by Crippen LogP contribution is -2.54. The summed E-state index contributed by atoms with van der Waals surface area (Å²) in [7, 11) is 0. The Morgan fingerprint density at radius 1 is 0.778 bits per heavy atom. The van der Waals surface area contributed by atoms with Crippen molar-refractivity contribution in [1.29, 1.82) is 0 Å². The molecule has 1 aliphatic rings. The number of quaternary nitrogens is 1. The summed E-state index contributed by atoms with van der Waals surface area (Å²) < 4.78 is 12.6. The summed E-state index contributed by atoms with van der Waals surface area (Å²) in [5.41, 5.74) is 0.566. The molecule has 208 valence electrons. The summed E-state index contributed by atoms with van der Waals surface area (Å²) in [6.07, 6.45) is 18.8. The highest BCUT2D eigenvalue weighted by Gasteiger charge is 2.28. The van der Waals surface area contributed by atoms with E-state index < -0.39 is 6.08 Å². The molecular formula is C30H53BrN2O3. The maximum atomic E-state index is 12.5. The smallest absolute Gasteiger partial charge is 0.151 e. The highest BCUT2D eigenvalue weighted by molar-refractivity contribution is 8.93. The average molecular weight is 570 g/mol. The Morgan fingerprint density at radius 2 is 1.39 bits per heavy atom. The first-order valence-electron chi connectivity index (χ1n) is 14.6. The molecular weight excluding hydrogens is 516 g/mol. The lowest BCUT2D eigenvalue weighted by atomic mass is 10.0. The minimum Gasteiger partial charge on any atom is -0.594 e. The Labute approximate surface area is 232 Å². The number of hydrogen-bond acceptors (Lipinski definition) is 4. The Morgan fingerprint density at radius 3 is 2.08 bits per heavy atom. The molecule has 2 rings (SSSR count). The first-order chi connectivity index (χ1) is 17.2. The fourth-order valence-corrected chi connectivity index (χ4v) is 5.16. The second-order valence-electron chi connectivity index (χ2n) is 10.4. The molecule has 0 amide bonds. The standard InChI is InChI=1S/C30H52N2O3.BrH/c1-3-5-7-9-10-11-16-22-32(23-17-13-18-24-32)25-27-35-30(33)31-28-20-14-15-21-29(28)34-26-19-12-8-6-4-2;/h14-15,20-21H,3-13,16-19,22-27H2,1-2H3;1H. The van der Waals surface area contributed by atoms with E-state index in [4.69, 9.17) is 9.47 Å². The molecule has 0 radical (unpaired) electrons. The predicted octanol–water partition coefficient (Wildman–Crippen LogP) is 7.73. The fourth-order valence-electron chi connectivity index (χ4n) is 5.16. The quantitative estimate of drug-likeness (QED) is 0.0742. The number of ether oxygens (including phenoxy) is 2. The number of para-hydroxylation sites is 2. The van der Waals surface area contributed by atoms with E-state index in [1.165, 1.54) is 110 Å². The lowest BCUT2D eigenvalue weighted by molar-refractivity contribution is -0.932. The number of benzene rings is 1. The van der Waals surface area contributed by atoms with Crippen LogP contribution in [0.2, 0.25) is 0 Å². The van der Waals surface area contributed by atoms with E-state index in [9.17, 15) is 5.11 Å². The van der Waals surface area contributed by atoms with E-state index in [2.05, 4.69) is 18.8 Å². The molecule has 0 N–H and O–H groups in total. The van der Waals surface area contributed by atoms with E-state index in [1.807, 2.05) is 24.3 Å². The van der Waals surface area contributed by atoms with Gasteiger partial charge in [0.25, 0.3) is 0 Å². The van der Waals surface area contributed by atoms with Crippen LogP contribution in [0.3, 0.4) is 0 Å². The Balaban J connectivity index is 0.00000648. The van der Waals surface area contributed by atoms with Gasteiger partial charge >= 0.3 is 0 Å². The van der Waals surface area contributed by atoms with Crippen LogP contribution < -0.4 is 9.84 Å². The Kier molecular flexibility index (Phi) is 18.9. The van der Waals surface area contributed by atoms with Gasteiger partial charge < -0.3 is 19.1 Å². The third-order valence-electron chi connectivity index (χ3n) is 7.37. The summed E-state index contributed by atoms with van der Waals surface area (Å²) in [6, 6.07) is 7.52. The fraction of sp³-hybridized carbons (Fsp3) is 0.767. The van der Waals surface area contributed by atoms with Gasteiger partial charge in [0.2, 0.25) is 0 Å². The van der Waals surface area contributed by atoms with Gasteiger partial charge in [-0.1, -0.05) is 83.8 Å². The van der Waals surface area contributed by atoms with Crippen molar-refractivity contribution in [3.05, 3.63) is 24.3 Å². The molecule has 6 heteroatoms. The topological polar surface area (TPSA) is 53.9 Å². The van der Waals surface area contributed by atoms with Crippen molar-refractivity contribution in [3.63, 3.8) is 0 Å². The first-order valence-corrected chi connectivity index (χ1v) is 14.6. The SMILES string of the molecule is Br.CCCCCCCCC[N+]1(CCOC([O-])=Nc2ccccc2OCCCCCCC)CCCCC1. The largest absolute Gasteiger partial charge is 0.594 e. The van der Waals surface area contributed by atoms with Gasteiger partial charge in [-0.05, 0) is 50.7 Å². The van der Waals surface area contributed by atoms with Crippen LogP contribution in [0.25, 0.3) is 0 Å². The van der Waals surface area contributed by atoms with E-state index in [1.54, 1.807) is 0 Å². The van der Waals surface area contributed by atoms with Crippen molar-refractivity contribution in [2.45, 2.75) is 110 Å². The van der Waals surface area contributed by atoms with Gasteiger partial charge in [0, 0.05) is 6.61 Å². The molecule has 1 heterocycles. The molecule has 1 fully saturated rings. The van der Waals surface area contributed by atoms with E-state index in [-0.39, 0.29) is 17.0 Å². The van der Waals surface area contributed by atoms with Gasteiger partial charge in [0.1, 0.15) is 11.4 Å². The van der Waals surface area contributed by atoms with Crippen LogP contribution in [-0.2, 0) is 4.74 Å². The number of hydrogen-bond donors (Lipinski definition) is 0. The molecule has 1 aliphatic heterocycles. The van der Waals surface area contributed by atoms with E-state index in [0.29, 0.717) is 24.7 Å². The maximum Gasteiger partial charge on any atom is 0.151 e. The molecule has 0 spiro atoms. The van der Waals surface area contributed by atoms with Gasteiger partial charge in [0.15, 0.2) is 6.08 Å². The van der Waals surface area contributed by atoms with Crippen molar-refractivity contribution in [2.75, 3.05) is 39.4 Å². The maximum absolute atomic E-state index is 12.5. The van der Waals surface area contributed by atoms with Gasteiger partial charge in [-0.2, -0.15) is 0 Å². The molecule has 0 saturated carbocycles. The predicted molar refractivity (Wildman–Crippen MR) is 156 cm³/mol. The van der Waals surface area contributed by atoms with Crippen LogP contribution in [0.1, 0.15) is 110 Å². The summed E-state index contributed by atoms with van der Waals surface area (Å²) in [5, 5.41) is 12.5. The number of rotatable bonds is 19. The zero-order valence-corrected chi connectivity index (χ0v) is 24.9. The van der Waals surface area contributed by atoms with Crippen LogP contribution in [-0.4, -0.2) is 50.0 Å². The van der Waals surface area contributed by atoms with Crippen LogP contribution in [0.15, 0.2) is 29.3 Å². The highest BCUT2D eigenvalue weighted by Crippen LogP contribution is 2.27. The zero-order chi connectivity index (χ0) is 25.0. The van der Waals surface area contributed by atoms with Crippen molar-refractivity contribution >= 4 is 28.8 Å². The molecule has 36 heavy (non-hydrogen) atoms. The highest BCUT2D eigenvalue weighted by atomic mass is 79.9. The van der Waals surface area contributed by atoms with Crippen molar-refractivity contribution in [3.8, 4) is 5.75 Å². The number of unbranched alkanes of at least 4 members (excludes halogenated alkanes) is 10. The Bertz CT molecular complexity index is 693. The van der Waals surface area contributed by atoms with Gasteiger partial charge in [0.05, 0.1) is 32.8 Å². The van der Waals surface area contributed by atoms with Crippen LogP contribution in [0.4, 0.5) is 5.69 Å². The summed E-state index contributed by atoms with van der Waals surface area (Å²) in [4.78, 5) is 4.21. The van der Waals surface area contributed by atoms with E-state index >= 15 is 0 Å². The molecule has 0 atom stereocenters.